The first kappa shape index (κ1) is 24.9. The molecule has 32 heavy (non-hydrogen) atoms. The zero-order valence-corrected chi connectivity index (χ0v) is 20.0. The van der Waals surface area contributed by atoms with Crippen molar-refractivity contribution in [3.8, 4) is 23.7 Å². The molecule has 2 N–H and O–H groups in total. The quantitative estimate of drug-likeness (QED) is 0.582. The summed E-state index contributed by atoms with van der Waals surface area (Å²) in [6.45, 7) is 9.48. The number of ether oxygens (including phenoxy) is 1. The number of anilines is 1. The smallest absolute Gasteiger partial charge is 0.254 e. The van der Waals surface area contributed by atoms with E-state index in [4.69, 9.17) is 16.3 Å². The van der Waals surface area contributed by atoms with Crippen molar-refractivity contribution < 1.29 is 9.53 Å². The molecule has 0 radical (unpaired) electrons. The zero-order chi connectivity index (χ0) is 23.9. The second-order valence-corrected chi connectivity index (χ2v) is 7.65. The van der Waals surface area contributed by atoms with Crippen LogP contribution in [0.15, 0.2) is 70.1 Å². The first-order chi connectivity index (χ1) is 15.3. The number of rotatable bonds is 4. The summed E-state index contributed by atoms with van der Waals surface area (Å²) >= 11 is 6.64. The fraction of sp³-hybridized carbons (Fsp3) is 0.308. The molecule has 1 aliphatic heterocycles. The fourth-order valence-corrected chi connectivity index (χ4v) is 4.00. The van der Waals surface area contributed by atoms with Crippen molar-refractivity contribution in [1.29, 1.82) is 5.26 Å². The lowest BCUT2D eigenvalue weighted by Gasteiger charge is -2.38. The fourth-order valence-electron chi connectivity index (χ4n) is 3.77. The van der Waals surface area contributed by atoms with Gasteiger partial charge in [0.2, 0.25) is 0 Å². The third kappa shape index (κ3) is 4.74. The number of carbonyl (C=O) groups is 1. The van der Waals surface area contributed by atoms with E-state index in [9.17, 15) is 10.1 Å². The summed E-state index contributed by atoms with van der Waals surface area (Å²) in [6, 6.07) is 9.42. The van der Waals surface area contributed by atoms with Crippen LogP contribution in [0, 0.1) is 34.5 Å². The summed E-state index contributed by atoms with van der Waals surface area (Å²) in [7, 11) is 1.54. The highest BCUT2D eigenvalue weighted by Crippen LogP contribution is 2.48. The molecule has 6 heteroatoms. The second-order valence-electron chi connectivity index (χ2n) is 7.25. The van der Waals surface area contributed by atoms with E-state index in [1.54, 1.807) is 37.5 Å². The summed E-state index contributed by atoms with van der Waals surface area (Å²) in [5, 5.41) is 16.5. The Balaban J connectivity index is 0.00000176. The standard InChI is InChI=1S/C24H22ClN3O2.C2H6/c1-15-17(14-26)22(24(3)13-9-5-6-12-20(24)25)21(16(2)27-15)23(29)28-18-10-7-8-11-19(18)30-4;1-2/h5-8,10-12,22,27H,1-4H3,(H,28,29);1-2H3. The molecule has 0 fully saturated rings. The van der Waals surface area contributed by atoms with Crippen molar-refractivity contribution in [2.45, 2.75) is 34.6 Å². The van der Waals surface area contributed by atoms with E-state index in [0.29, 0.717) is 39.0 Å². The molecule has 1 heterocycles. The first-order valence-corrected chi connectivity index (χ1v) is 10.8. The topological polar surface area (TPSA) is 74.2 Å². The van der Waals surface area contributed by atoms with Crippen molar-refractivity contribution in [2.24, 2.45) is 11.3 Å². The summed E-state index contributed by atoms with van der Waals surface area (Å²) < 4.78 is 5.35. The lowest BCUT2D eigenvalue weighted by atomic mass is 9.67. The zero-order valence-electron chi connectivity index (χ0n) is 19.3. The van der Waals surface area contributed by atoms with Gasteiger partial charge < -0.3 is 15.4 Å². The average Bonchev–Trinajstić information content (AvgIpc) is 2.96. The third-order valence-electron chi connectivity index (χ3n) is 5.31. The monoisotopic (exact) mass is 449 g/mol. The number of allylic oxidation sites excluding steroid dienone is 7. The number of hydrogen-bond acceptors (Lipinski definition) is 4. The number of nitrogens with zero attached hydrogens (tertiary/aromatic N) is 1. The Morgan fingerprint density at radius 3 is 2.62 bits per heavy atom. The van der Waals surface area contributed by atoms with Crippen molar-refractivity contribution in [3.63, 3.8) is 0 Å². The minimum Gasteiger partial charge on any atom is -0.495 e. The molecule has 1 aromatic rings. The highest BCUT2D eigenvalue weighted by Gasteiger charge is 2.46. The van der Waals surface area contributed by atoms with Crippen LogP contribution in [-0.4, -0.2) is 13.0 Å². The van der Waals surface area contributed by atoms with Crippen LogP contribution in [0.25, 0.3) is 0 Å². The maximum absolute atomic E-state index is 13.5. The Bertz CT molecular complexity index is 1130. The molecular weight excluding hydrogens is 422 g/mol. The molecule has 3 rings (SSSR count). The molecule has 2 atom stereocenters. The molecular formula is C26H28ClN3O2. The summed E-state index contributed by atoms with van der Waals surface area (Å²) in [5.74, 6) is 5.69. The predicted molar refractivity (Wildman–Crippen MR) is 130 cm³/mol. The van der Waals surface area contributed by atoms with Crippen molar-refractivity contribution in [3.05, 3.63) is 70.1 Å². The van der Waals surface area contributed by atoms with Crippen LogP contribution in [0.4, 0.5) is 5.69 Å². The Morgan fingerprint density at radius 2 is 1.97 bits per heavy atom. The number of nitrogens with one attached hydrogen (secondary N) is 2. The Labute approximate surface area is 195 Å². The number of methoxy groups -OCH3 is 1. The average molecular weight is 450 g/mol. The van der Waals surface area contributed by atoms with Gasteiger partial charge in [0.25, 0.3) is 5.91 Å². The molecule has 5 nitrogen and oxygen atoms in total. The third-order valence-corrected chi connectivity index (χ3v) is 5.83. The number of dihydropyridines is 1. The number of nitriles is 1. The highest BCUT2D eigenvalue weighted by atomic mass is 35.5. The lowest BCUT2D eigenvalue weighted by Crippen LogP contribution is -2.40. The molecule has 0 saturated carbocycles. The van der Waals surface area contributed by atoms with Crippen LogP contribution in [0.5, 0.6) is 5.75 Å². The van der Waals surface area contributed by atoms with E-state index in [2.05, 4.69) is 28.5 Å². The predicted octanol–water partition coefficient (Wildman–Crippen LogP) is 5.65. The highest BCUT2D eigenvalue weighted by molar-refractivity contribution is 6.31. The lowest BCUT2D eigenvalue weighted by molar-refractivity contribution is -0.113. The molecule has 0 spiro atoms. The van der Waals surface area contributed by atoms with Gasteiger partial charge in [0.05, 0.1) is 29.9 Å². The second kappa shape index (κ2) is 10.8. The van der Waals surface area contributed by atoms with E-state index in [0.717, 1.165) is 0 Å². The van der Waals surface area contributed by atoms with Gasteiger partial charge in [-0.2, -0.15) is 5.26 Å². The molecule has 0 saturated heterocycles. The largest absolute Gasteiger partial charge is 0.495 e. The normalized spacial score (nSPS) is 21.6. The van der Waals surface area contributed by atoms with Gasteiger partial charge in [0, 0.05) is 27.9 Å². The Hall–Kier alpha value is -3.41. The van der Waals surface area contributed by atoms with E-state index >= 15 is 0 Å². The maximum atomic E-state index is 13.5. The van der Waals surface area contributed by atoms with E-state index in [1.165, 1.54) is 0 Å². The molecule has 2 unspecified atom stereocenters. The van der Waals surface area contributed by atoms with Gasteiger partial charge in [0.1, 0.15) is 5.75 Å². The van der Waals surface area contributed by atoms with Crippen LogP contribution in [0.3, 0.4) is 0 Å². The molecule has 0 aromatic heterocycles. The number of para-hydroxylation sites is 2. The van der Waals surface area contributed by atoms with Gasteiger partial charge in [-0.25, -0.2) is 0 Å². The molecule has 1 aromatic carbocycles. The van der Waals surface area contributed by atoms with Crippen molar-refractivity contribution in [2.75, 3.05) is 12.4 Å². The van der Waals surface area contributed by atoms with Crippen LogP contribution in [0.2, 0.25) is 0 Å². The van der Waals surface area contributed by atoms with Gasteiger partial charge in [-0.05, 0) is 45.1 Å². The van der Waals surface area contributed by atoms with Crippen molar-refractivity contribution >= 4 is 23.2 Å². The maximum Gasteiger partial charge on any atom is 0.254 e. The summed E-state index contributed by atoms with van der Waals surface area (Å²) in [6.07, 6.45) is 5.20. The Kier molecular flexibility index (Phi) is 8.35. The van der Waals surface area contributed by atoms with E-state index < -0.39 is 11.3 Å². The minimum absolute atomic E-state index is 0.348. The Morgan fingerprint density at radius 1 is 1.28 bits per heavy atom. The summed E-state index contributed by atoms with van der Waals surface area (Å²) in [4.78, 5) is 13.5. The molecule has 0 bridgehead atoms. The van der Waals surface area contributed by atoms with Gasteiger partial charge in [-0.15, -0.1) is 0 Å². The number of halogens is 1. The van der Waals surface area contributed by atoms with Crippen LogP contribution in [-0.2, 0) is 4.79 Å². The van der Waals surface area contributed by atoms with Gasteiger partial charge in [0.15, 0.2) is 0 Å². The SMILES string of the molecule is CC.COc1ccccc1NC(=O)C1=C(C)NC(C)=C(C#N)C1C1(C)C#CC=CC=C1Cl. The van der Waals surface area contributed by atoms with Crippen LogP contribution in [0.1, 0.15) is 34.6 Å². The van der Waals surface area contributed by atoms with Crippen LogP contribution < -0.4 is 15.4 Å². The first-order valence-electron chi connectivity index (χ1n) is 10.4. The van der Waals surface area contributed by atoms with Gasteiger partial charge >= 0.3 is 0 Å². The van der Waals surface area contributed by atoms with Crippen LogP contribution >= 0.6 is 11.6 Å². The molecule has 166 valence electrons. The summed E-state index contributed by atoms with van der Waals surface area (Å²) in [5.41, 5.74) is 1.75. The van der Waals surface area contributed by atoms with E-state index in [1.807, 2.05) is 46.8 Å². The number of benzene rings is 1. The molecule has 1 amide bonds. The number of amides is 1. The van der Waals surface area contributed by atoms with Crippen molar-refractivity contribution in [1.82, 2.24) is 5.32 Å². The number of carbonyl (C=O) groups excluding carboxylic acids is 1. The molecule has 1 aliphatic carbocycles. The van der Waals surface area contributed by atoms with Gasteiger partial charge in [-0.1, -0.05) is 55.5 Å². The van der Waals surface area contributed by atoms with Gasteiger partial charge in [-0.3, -0.25) is 4.79 Å². The van der Waals surface area contributed by atoms with E-state index in [-0.39, 0.29) is 5.91 Å². The molecule has 2 aliphatic rings. The minimum atomic E-state index is -0.950. The number of hydrogen-bond donors (Lipinski definition) is 2.